The third-order valence-electron chi connectivity index (χ3n) is 7.69. The molecule has 0 aromatic carbocycles. The number of nitrogens with zero attached hydrogens (tertiary/aromatic N) is 5. The van der Waals surface area contributed by atoms with Crippen LogP contribution >= 0.6 is 22.7 Å². The summed E-state index contributed by atoms with van der Waals surface area (Å²) in [7, 11) is 0. The van der Waals surface area contributed by atoms with Crippen molar-refractivity contribution in [3.05, 3.63) is 207 Å². The molecule has 0 aliphatic rings. The lowest BCUT2D eigenvalue weighted by Crippen LogP contribution is -1.71. The van der Waals surface area contributed by atoms with Crippen LogP contribution in [0.5, 0.6) is 0 Å². The largest absolute Gasteiger partial charge is 0.465 e. The molecular formula is C45H42N12OS2. The van der Waals surface area contributed by atoms with Crippen LogP contribution in [0.25, 0.3) is 60.8 Å². The molecule has 13 nitrogen and oxygen atoms in total. The normalized spacial score (nSPS) is 11.0. The van der Waals surface area contributed by atoms with Gasteiger partial charge in [0.15, 0.2) is 0 Å². The summed E-state index contributed by atoms with van der Waals surface area (Å²) in [6, 6.07) is 25.5. The molecule has 0 radical (unpaired) electrons. The predicted octanol–water partition coefficient (Wildman–Crippen LogP) is 11.3. The zero-order valence-corrected chi connectivity index (χ0v) is 33.8. The van der Waals surface area contributed by atoms with Crippen LogP contribution in [-0.4, -0.2) is 61.0 Å². The van der Waals surface area contributed by atoms with E-state index in [1.807, 2.05) is 134 Å². The van der Waals surface area contributed by atoms with Crippen LogP contribution in [0.4, 0.5) is 0 Å². The Morgan fingerprint density at radius 3 is 1.47 bits per heavy atom. The van der Waals surface area contributed by atoms with Crippen molar-refractivity contribution in [2.75, 3.05) is 0 Å². The van der Waals surface area contributed by atoms with Crippen molar-refractivity contribution in [2.45, 2.75) is 0 Å². The molecule has 7 N–H and O–H groups in total. The second-order valence-electron chi connectivity index (χ2n) is 12.1. The molecule has 10 heterocycles. The van der Waals surface area contributed by atoms with E-state index in [1.165, 1.54) is 10.4 Å². The predicted molar refractivity (Wildman–Crippen MR) is 247 cm³/mol. The third-order valence-corrected chi connectivity index (χ3v) is 9.23. The summed E-state index contributed by atoms with van der Waals surface area (Å²) in [5.41, 5.74) is 8.51. The van der Waals surface area contributed by atoms with Gasteiger partial charge in [-0.2, -0.15) is 36.8 Å². The molecule has 0 saturated heterocycles. The van der Waals surface area contributed by atoms with Crippen molar-refractivity contribution >= 4 is 83.4 Å². The highest BCUT2D eigenvalue weighted by Crippen LogP contribution is 2.12. The van der Waals surface area contributed by atoms with E-state index in [9.17, 15) is 0 Å². The zero-order valence-electron chi connectivity index (χ0n) is 32.2. The first kappa shape index (κ1) is 41.6. The first-order chi connectivity index (χ1) is 29.7. The third kappa shape index (κ3) is 15.9. The fourth-order valence-electron chi connectivity index (χ4n) is 4.72. The van der Waals surface area contributed by atoms with Crippen LogP contribution in [0.15, 0.2) is 155 Å². The van der Waals surface area contributed by atoms with Gasteiger partial charge in [-0.25, -0.2) is 0 Å². The molecular weight excluding hydrogens is 789 g/mol. The highest BCUT2D eigenvalue weighted by atomic mass is 32.1. The first-order valence-corrected chi connectivity index (χ1v) is 20.3. The van der Waals surface area contributed by atoms with Crippen LogP contribution in [-0.2, 0) is 0 Å². The lowest BCUT2D eigenvalue weighted by Gasteiger charge is -1.83. The number of thiophene rings is 2. The molecule has 0 bridgehead atoms. The standard InChI is InChI=1S/2C9H9N3.C9H8N2O.2C9H8N2S/c1(8-3-5-10-7-8)2-9-4-6-11-12-9;1-2-8(10-6-1)3-4-9-5-7-11-12-9;1-2-9(12-7-1)4-3-8-5-6-10-11-8;1(8-4-6-12-7-8)2-9-3-5-10-11-9;1-2-9(12-7-1)4-3-8-5-6-10-11-8/h2*1-7,10H,(H,11,12);3*1-7H,(H,10,11)/b2-1+;2*4-3+;2-1+;4-3+. The molecule has 0 unspecified atom stereocenters. The van der Waals surface area contributed by atoms with Gasteiger partial charge in [0.1, 0.15) is 5.76 Å². The molecule has 300 valence electrons. The number of aromatic amines is 7. The van der Waals surface area contributed by atoms with Crippen molar-refractivity contribution in [1.82, 2.24) is 61.0 Å². The van der Waals surface area contributed by atoms with Gasteiger partial charge in [0.05, 0.1) is 34.7 Å². The highest BCUT2D eigenvalue weighted by Gasteiger charge is 1.91. The van der Waals surface area contributed by atoms with Crippen molar-refractivity contribution < 1.29 is 4.42 Å². The summed E-state index contributed by atoms with van der Waals surface area (Å²) >= 11 is 3.42. The molecule has 60 heavy (non-hydrogen) atoms. The van der Waals surface area contributed by atoms with Crippen molar-refractivity contribution in [2.24, 2.45) is 0 Å². The van der Waals surface area contributed by atoms with Crippen LogP contribution in [0.2, 0.25) is 0 Å². The average molecular weight is 831 g/mol. The van der Waals surface area contributed by atoms with Gasteiger partial charge >= 0.3 is 0 Å². The van der Waals surface area contributed by atoms with Gasteiger partial charge in [-0.05, 0) is 149 Å². The quantitative estimate of drug-likeness (QED) is 0.0718. The van der Waals surface area contributed by atoms with Crippen molar-refractivity contribution in [3.8, 4) is 0 Å². The van der Waals surface area contributed by atoms with Gasteiger partial charge in [0.2, 0.25) is 0 Å². The summed E-state index contributed by atoms with van der Waals surface area (Å²) in [6.45, 7) is 0. The molecule has 0 amide bonds. The van der Waals surface area contributed by atoms with Gasteiger partial charge in [-0.15, -0.1) is 11.3 Å². The van der Waals surface area contributed by atoms with Gasteiger partial charge < -0.3 is 14.4 Å². The Balaban J connectivity index is 0.000000126. The van der Waals surface area contributed by atoms with Gasteiger partial charge in [-0.1, -0.05) is 18.2 Å². The minimum absolute atomic E-state index is 0.838. The summed E-state index contributed by atoms with van der Waals surface area (Å²) in [5.74, 6) is 0.838. The highest BCUT2D eigenvalue weighted by molar-refractivity contribution is 7.10. The minimum atomic E-state index is 0.838. The Kier molecular flexibility index (Phi) is 17.1. The van der Waals surface area contributed by atoms with Gasteiger partial charge in [0, 0.05) is 60.1 Å². The van der Waals surface area contributed by atoms with Crippen LogP contribution in [0.3, 0.4) is 0 Å². The maximum absolute atomic E-state index is 5.11. The molecule has 0 aliphatic heterocycles. The number of hydrogen-bond acceptors (Lipinski definition) is 8. The number of rotatable bonds is 10. The Bertz CT molecular complexity index is 1980. The van der Waals surface area contributed by atoms with Crippen LogP contribution < -0.4 is 0 Å². The molecule has 15 heteroatoms. The Labute approximate surface area is 354 Å². The summed E-state index contributed by atoms with van der Waals surface area (Å²) in [5, 5.41) is 39.7. The number of aromatic nitrogens is 12. The van der Waals surface area contributed by atoms with E-state index in [2.05, 4.69) is 101 Å². The van der Waals surface area contributed by atoms with E-state index in [0.29, 0.717) is 0 Å². The number of furan rings is 1. The van der Waals surface area contributed by atoms with E-state index < -0.39 is 0 Å². The molecule has 0 atom stereocenters. The lowest BCUT2D eigenvalue weighted by atomic mass is 10.3. The van der Waals surface area contributed by atoms with Crippen molar-refractivity contribution in [3.63, 3.8) is 0 Å². The van der Waals surface area contributed by atoms with Gasteiger partial charge in [-0.3, -0.25) is 25.5 Å². The van der Waals surface area contributed by atoms with Gasteiger partial charge in [0.25, 0.3) is 0 Å². The van der Waals surface area contributed by atoms with E-state index in [0.717, 1.165) is 45.5 Å². The fraction of sp³-hybridized carbons (Fsp3) is 0. The van der Waals surface area contributed by atoms with Crippen LogP contribution in [0, 0.1) is 0 Å². The Morgan fingerprint density at radius 1 is 0.450 bits per heavy atom. The summed E-state index contributed by atoms with van der Waals surface area (Å²) in [4.78, 5) is 7.32. The monoisotopic (exact) mass is 830 g/mol. The molecule has 0 aliphatic carbocycles. The molecule has 0 fully saturated rings. The molecule has 10 rings (SSSR count). The summed E-state index contributed by atoms with van der Waals surface area (Å²) in [6.07, 6.45) is 35.9. The maximum atomic E-state index is 5.11. The smallest absolute Gasteiger partial charge is 0.126 e. The first-order valence-electron chi connectivity index (χ1n) is 18.5. The van der Waals surface area contributed by atoms with E-state index in [-0.39, 0.29) is 0 Å². The second-order valence-corrected chi connectivity index (χ2v) is 13.8. The molecule has 10 aromatic heterocycles. The Morgan fingerprint density at radius 2 is 1.02 bits per heavy atom. The van der Waals surface area contributed by atoms with Crippen LogP contribution in [0.1, 0.15) is 55.9 Å². The summed E-state index contributed by atoms with van der Waals surface area (Å²) < 4.78 is 5.11. The topological polar surface area (TPSA) is 188 Å². The molecule has 0 saturated carbocycles. The number of hydrogen-bond donors (Lipinski definition) is 7. The maximum Gasteiger partial charge on any atom is 0.126 e. The molecule has 10 aromatic rings. The average Bonchev–Trinajstić information content (AvgIpc) is 4.13. The molecule has 0 spiro atoms. The SMILES string of the molecule is C(=C\c1ccco1)/c1ccn[nH]1.C(=C\c1cccs1)/c1ccn[nH]1.C(=C\c1ccn[nH]1)/c1cc[nH]c1.C(=C\c1ccn[nH]1)/c1ccc[nH]1.C(=C\c1ccn[nH]1)/c1ccsc1. The Hall–Kier alpha value is -8.01. The number of nitrogens with one attached hydrogen (secondary N) is 7. The minimum Gasteiger partial charge on any atom is -0.465 e. The van der Waals surface area contributed by atoms with Crippen molar-refractivity contribution in [1.29, 1.82) is 0 Å². The fourth-order valence-corrected chi connectivity index (χ4v) is 5.97. The lowest BCUT2D eigenvalue weighted by molar-refractivity contribution is 0.557. The van der Waals surface area contributed by atoms with E-state index in [4.69, 9.17) is 4.42 Å². The number of H-pyrrole nitrogens is 7. The van der Waals surface area contributed by atoms with E-state index >= 15 is 0 Å². The van der Waals surface area contributed by atoms with E-state index in [1.54, 1.807) is 59.9 Å². The second kappa shape index (κ2) is 24.6. The zero-order chi connectivity index (χ0) is 41.1.